The number of benzene rings is 2. The summed E-state index contributed by atoms with van der Waals surface area (Å²) in [7, 11) is 0. The number of piperazine rings is 1. The summed E-state index contributed by atoms with van der Waals surface area (Å²) in [5.41, 5.74) is 2.30. The minimum absolute atomic E-state index is 0.0544. The van der Waals surface area contributed by atoms with Gasteiger partial charge in [0.2, 0.25) is 11.8 Å². The third-order valence-corrected chi connectivity index (χ3v) is 6.40. The minimum Gasteiger partial charge on any atom is -0.494 e. The number of hydrogen-bond acceptors (Lipinski definition) is 5. The SMILES string of the molecule is CCOc1ccc(CN2CCNC(=O)C2CC(=O)N2CCCN(c3ccccc3)CC2)cc1. The molecule has 0 saturated carbocycles. The molecule has 2 aliphatic heterocycles. The number of para-hydroxylation sites is 1. The molecule has 0 bridgehead atoms. The highest BCUT2D eigenvalue weighted by Crippen LogP contribution is 2.20. The summed E-state index contributed by atoms with van der Waals surface area (Å²) in [6.07, 6.45) is 1.14. The number of rotatable bonds is 7. The number of hydrogen-bond donors (Lipinski definition) is 1. The standard InChI is InChI=1S/C26H34N4O3/c1-2-33-23-11-9-21(10-12-23)20-30-16-13-27-26(32)24(30)19-25(31)29-15-6-14-28(17-18-29)22-7-4-3-5-8-22/h3-5,7-12,24H,2,6,13-20H2,1H3,(H,27,32). The summed E-state index contributed by atoms with van der Waals surface area (Å²) in [5, 5.41) is 2.94. The Kier molecular flexibility index (Phi) is 7.83. The van der Waals surface area contributed by atoms with Crippen molar-refractivity contribution in [2.75, 3.05) is 50.8 Å². The molecule has 1 atom stereocenters. The highest BCUT2D eigenvalue weighted by Gasteiger charge is 2.33. The van der Waals surface area contributed by atoms with Gasteiger partial charge < -0.3 is 19.9 Å². The normalized spacial score (nSPS) is 19.7. The fourth-order valence-corrected chi connectivity index (χ4v) is 4.62. The number of anilines is 1. The summed E-state index contributed by atoms with van der Waals surface area (Å²) >= 11 is 0. The van der Waals surface area contributed by atoms with Gasteiger partial charge in [-0.05, 0) is 43.2 Å². The van der Waals surface area contributed by atoms with E-state index in [1.165, 1.54) is 5.69 Å². The molecule has 2 amide bonds. The van der Waals surface area contributed by atoms with Crippen LogP contribution in [-0.2, 0) is 16.1 Å². The van der Waals surface area contributed by atoms with Crippen LogP contribution in [0.15, 0.2) is 54.6 Å². The van der Waals surface area contributed by atoms with Crippen LogP contribution < -0.4 is 15.0 Å². The molecule has 7 heteroatoms. The molecule has 0 radical (unpaired) electrons. The highest BCUT2D eigenvalue weighted by molar-refractivity contribution is 5.89. The zero-order valence-electron chi connectivity index (χ0n) is 19.4. The van der Waals surface area contributed by atoms with Gasteiger partial charge in [0.15, 0.2) is 0 Å². The predicted molar refractivity (Wildman–Crippen MR) is 129 cm³/mol. The first-order valence-corrected chi connectivity index (χ1v) is 12.0. The monoisotopic (exact) mass is 450 g/mol. The van der Waals surface area contributed by atoms with Crippen molar-refractivity contribution < 1.29 is 14.3 Å². The number of amides is 2. The molecule has 2 aliphatic rings. The fourth-order valence-electron chi connectivity index (χ4n) is 4.62. The van der Waals surface area contributed by atoms with Gasteiger partial charge in [0.25, 0.3) is 0 Å². The van der Waals surface area contributed by atoms with Crippen LogP contribution in [0.2, 0.25) is 0 Å². The van der Waals surface area contributed by atoms with E-state index in [-0.39, 0.29) is 18.2 Å². The molecule has 2 heterocycles. The molecule has 2 aromatic carbocycles. The van der Waals surface area contributed by atoms with Crippen LogP contribution in [0, 0.1) is 0 Å². The van der Waals surface area contributed by atoms with Crippen LogP contribution in [0.25, 0.3) is 0 Å². The van der Waals surface area contributed by atoms with Crippen LogP contribution in [0.5, 0.6) is 5.75 Å². The number of carbonyl (C=O) groups is 2. The van der Waals surface area contributed by atoms with Gasteiger partial charge in [-0.1, -0.05) is 30.3 Å². The van der Waals surface area contributed by atoms with Gasteiger partial charge in [0, 0.05) is 51.5 Å². The van der Waals surface area contributed by atoms with Crippen LogP contribution >= 0.6 is 0 Å². The number of ether oxygens (including phenoxy) is 1. The fraction of sp³-hybridized carbons (Fsp3) is 0.462. The lowest BCUT2D eigenvalue weighted by molar-refractivity contribution is -0.139. The largest absolute Gasteiger partial charge is 0.494 e. The molecule has 7 nitrogen and oxygen atoms in total. The van der Waals surface area contributed by atoms with E-state index >= 15 is 0 Å². The molecular formula is C26H34N4O3. The molecule has 2 aromatic rings. The van der Waals surface area contributed by atoms with E-state index < -0.39 is 6.04 Å². The Morgan fingerprint density at radius 1 is 1.00 bits per heavy atom. The van der Waals surface area contributed by atoms with Crippen LogP contribution in [0.1, 0.15) is 25.3 Å². The van der Waals surface area contributed by atoms with Crippen molar-refractivity contribution >= 4 is 17.5 Å². The lowest BCUT2D eigenvalue weighted by atomic mass is 10.1. The third kappa shape index (κ3) is 6.05. The van der Waals surface area contributed by atoms with E-state index in [4.69, 9.17) is 4.74 Å². The zero-order chi connectivity index (χ0) is 23.0. The van der Waals surface area contributed by atoms with Crippen LogP contribution in [0.4, 0.5) is 5.69 Å². The Bertz CT molecular complexity index is 919. The number of nitrogens with one attached hydrogen (secondary N) is 1. The van der Waals surface area contributed by atoms with Crippen LogP contribution in [-0.4, -0.2) is 73.5 Å². The van der Waals surface area contributed by atoms with Gasteiger partial charge in [-0.15, -0.1) is 0 Å². The van der Waals surface area contributed by atoms with Gasteiger partial charge in [0.1, 0.15) is 5.75 Å². The Balaban J connectivity index is 1.36. The molecule has 0 aromatic heterocycles. The second kappa shape index (κ2) is 11.2. The number of carbonyl (C=O) groups excluding carboxylic acids is 2. The first-order valence-electron chi connectivity index (χ1n) is 12.0. The highest BCUT2D eigenvalue weighted by atomic mass is 16.5. The average Bonchev–Trinajstić information content (AvgIpc) is 3.10. The molecule has 2 fully saturated rings. The summed E-state index contributed by atoms with van der Waals surface area (Å²) in [5.74, 6) is 0.847. The maximum Gasteiger partial charge on any atom is 0.237 e. The van der Waals surface area contributed by atoms with Crippen molar-refractivity contribution in [3.63, 3.8) is 0 Å². The van der Waals surface area contributed by atoms with E-state index in [2.05, 4.69) is 27.2 Å². The smallest absolute Gasteiger partial charge is 0.237 e. The maximum absolute atomic E-state index is 13.2. The Labute approximate surface area is 196 Å². The average molecular weight is 451 g/mol. The van der Waals surface area contributed by atoms with Gasteiger partial charge >= 0.3 is 0 Å². The Hall–Kier alpha value is -3.06. The van der Waals surface area contributed by atoms with Gasteiger partial charge in [0.05, 0.1) is 19.1 Å². The second-order valence-corrected chi connectivity index (χ2v) is 8.62. The van der Waals surface area contributed by atoms with E-state index in [0.717, 1.165) is 43.9 Å². The topological polar surface area (TPSA) is 65.1 Å². The lowest BCUT2D eigenvalue weighted by Gasteiger charge is -2.35. The lowest BCUT2D eigenvalue weighted by Crippen LogP contribution is -2.56. The minimum atomic E-state index is -0.439. The van der Waals surface area contributed by atoms with Gasteiger partial charge in [-0.3, -0.25) is 14.5 Å². The van der Waals surface area contributed by atoms with Crippen molar-refractivity contribution in [3.8, 4) is 5.75 Å². The van der Waals surface area contributed by atoms with E-state index in [1.54, 1.807) is 0 Å². The second-order valence-electron chi connectivity index (χ2n) is 8.62. The van der Waals surface area contributed by atoms with E-state index in [1.807, 2.05) is 54.3 Å². The van der Waals surface area contributed by atoms with Crippen molar-refractivity contribution in [1.82, 2.24) is 15.1 Å². The molecular weight excluding hydrogens is 416 g/mol. The van der Waals surface area contributed by atoms with Crippen molar-refractivity contribution in [3.05, 3.63) is 60.2 Å². The van der Waals surface area contributed by atoms with Gasteiger partial charge in [-0.2, -0.15) is 0 Å². The molecule has 0 aliphatic carbocycles. The summed E-state index contributed by atoms with van der Waals surface area (Å²) in [4.78, 5) is 32.3. The number of nitrogens with zero attached hydrogens (tertiary/aromatic N) is 3. The molecule has 1 N–H and O–H groups in total. The third-order valence-electron chi connectivity index (χ3n) is 6.40. The molecule has 2 saturated heterocycles. The zero-order valence-corrected chi connectivity index (χ0v) is 19.4. The van der Waals surface area contributed by atoms with Gasteiger partial charge in [-0.25, -0.2) is 0 Å². The Morgan fingerprint density at radius 2 is 1.79 bits per heavy atom. The van der Waals surface area contributed by atoms with Crippen molar-refractivity contribution in [2.24, 2.45) is 0 Å². The summed E-state index contributed by atoms with van der Waals surface area (Å²) in [6.45, 7) is 7.73. The van der Waals surface area contributed by atoms with Crippen LogP contribution in [0.3, 0.4) is 0 Å². The first kappa shape index (κ1) is 23.1. The quantitative estimate of drug-likeness (QED) is 0.702. The van der Waals surface area contributed by atoms with E-state index in [9.17, 15) is 9.59 Å². The molecule has 176 valence electrons. The molecule has 33 heavy (non-hydrogen) atoms. The predicted octanol–water partition coefficient (Wildman–Crippen LogP) is 2.51. The molecule has 0 spiro atoms. The summed E-state index contributed by atoms with van der Waals surface area (Å²) < 4.78 is 5.52. The van der Waals surface area contributed by atoms with Crippen molar-refractivity contribution in [1.29, 1.82) is 0 Å². The maximum atomic E-state index is 13.2. The van der Waals surface area contributed by atoms with Crippen molar-refractivity contribution in [2.45, 2.75) is 32.4 Å². The summed E-state index contributed by atoms with van der Waals surface area (Å²) in [6, 6.07) is 17.9. The van der Waals surface area contributed by atoms with E-state index in [0.29, 0.717) is 26.2 Å². The Morgan fingerprint density at radius 3 is 2.55 bits per heavy atom. The molecule has 4 rings (SSSR count). The molecule has 1 unspecified atom stereocenters. The first-order chi connectivity index (χ1) is 16.1.